The van der Waals surface area contributed by atoms with Gasteiger partial charge in [-0.3, -0.25) is 0 Å². The Morgan fingerprint density at radius 3 is 2.00 bits per heavy atom. The molecule has 0 saturated carbocycles. The van der Waals surface area contributed by atoms with Gasteiger partial charge in [-0.1, -0.05) is 0 Å². The molecule has 0 bridgehead atoms. The zero-order chi connectivity index (χ0) is 6.69. The van der Waals surface area contributed by atoms with Crippen LogP contribution in [0.2, 0.25) is 0 Å². The van der Waals surface area contributed by atoms with Crippen molar-refractivity contribution in [3.8, 4) is 0 Å². The Balaban J connectivity index is 0.000000810. The number of halogens is 1. The van der Waals surface area contributed by atoms with Gasteiger partial charge in [0.2, 0.25) is 0 Å². The van der Waals surface area contributed by atoms with E-state index in [-0.39, 0.29) is 17.0 Å². The van der Waals surface area contributed by atoms with Crippen molar-refractivity contribution >= 4 is 21.1 Å². The van der Waals surface area contributed by atoms with Gasteiger partial charge in [0.15, 0.2) is 0 Å². The van der Waals surface area contributed by atoms with E-state index in [4.69, 9.17) is 0 Å². The number of hydrogen-bond acceptors (Lipinski definition) is 0. The van der Waals surface area contributed by atoms with E-state index in [0.717, 1.165) is 18.3 Å². The standard InChI is InChI=1S/C8H7.BrH.Zn/c1-2-8-6-4-3-5-7-8;;/h3-7H,1H2;1H;. The second kappa shape index (κ2) is 4.81. The average Bonchev–Trinajstić information content (AvgIpc) is 1.90. The number of benzene rings is 1. The van der Waals surface area contributed by atoms with E-state index in [1.807, 2.05) is 18.2 Å². The van der Waals surface area contributed by atoms with Gasteiger partial charge in [-0.05, 0) is 0 Å². The summed E-state index contributed by atoms with van der Waals surface area (Å²) in [6.45, 7) is 3.88. The predicted molar refractivity (Wildman–Crippen MR) is 45.8 cm³/mol. The van der Waals surface area contributed by atoms with Gasteiger partial charge in [-0.15, -0.1) is 17.0 Å². The quantitative estimate of drug-likeness (QED) is 0.671. The maximum atomic E-state index is 3.88. The zero-order valence-corrected chi connectivity index (χ0v) is 10.4. The summed E-state index contributed by atoms with van der Waals surface area (Å²) in [4.78, 5) is 0. The predicted octanol–water partition coefficient (Wildman–Crippen LogP) is 2.78. The second-order valence-corrected chi connectivity index (χ2v) is 3.76. The summed E-state index contributed by atoms with van der Waals surface area (Å²) in [6.07, 6.45) is 0. The van der Waals surface area contributed by atoms with Gasteiger partial charge in [0.1, 0.15) is 0 Å². The molecular formula is C8H8BrZn. The Labute approximate surface area is 81.8 Å². The first-order valence-corrected chi connectivity index (χ1v) is 4.35. The van der Waals surface area contributed by atoms with Gasteiger partial charge < -0.3 is 0 Å². The molecule has 0 fully saturated rings. The van der Waals surface area contributed by atoms with Crippen LogP contribution in [0.3, 0.4) is 0 Å². The third-order valence-electron chi connectivity index (χ3n) is 1.18. The Morgan fingerprint density at radius 1 is 1.20 bits per heavy atom. The van der Waals surface area contributed by atoms with Crippen LogP contribution in [0.1, 0.15) is 5.56 Å². The number of hydrogen-bond donors (Lipinski definition) is 0. The molecule has 1 rings (SSSR count). The van der Waals surface area contributed by atoms with Crippen molar-refractivity contribution in [2.45, 2.75) is 0 Å². The van der Waals surface area contributed by atoms with Crippen molar-refractivity contribution in [2.24, 2.45) is 0 Å². The van der Waals surface area contributed by atoms with E-state index in [1.165, 1.54) is 9.73 Å². The first kappa shape index (κ1) is 10.1. The van der Waals surface area contributed by atoms with Crippen LogP contribution in [0.25, 0.3) is 4.17 Å². The molecular weight excluding hydrogens is 241 g/mol. The molecule has 0 amide bonds. The van der Waals surface area contributed by atoms with Crippen LogP contribution >= 0.6 is 17.0 Å². The Hall–Kier alpha value is 0.0634. The summed E-state index contributed by atoms with van der Waals surface area (Å²) in [5.41, 5.74) is 1.28. The summed E-state index contributed by atoms with van der Waals surface area (Å²) in [7, 11) is 0. The summed E-state index contributed by atoms with van der Waals surface area (Å²) in [6, 6.07) is 10.3. The fraction of sp³-hybridized carbons (Fsp3) is 0. The van der Waals surface area contributed by atoms with Crippen LogP contribution in [0, 0.1) is 0 Å². The monoisotopic (exact) mass is 247 g/mol. The molecule has 0 aliphatic heterocycles. The van der Waals surface area contributed by atoms with Crippen molar-refractivity contribution < 1.29 is 18.3 Å². The van der Waals surface area contributed by atoms with E-state index in [2.05, 4.69) is 18.7 Å². The molecule has 0 aromatic heterocycles. The molecule has 10 heavy (non-hydrogen) atoms. The molecule has 0 radical (unpaired) electrons. The van der Waals surface area contributed by atoms with E-state index >= 15 is 0 Å². The van der Waals surface area contributed by atoms with Gasteiger partial charge in [-0.25, -0.2) is 0 Å². The van der Waals surface area contributed by atoms with E-state index in [1.54, 1.807) is 0 Å². The Morgan fingerprint density at radius 2 is 1.70 bits per heavy atom. The van der Waals surface area contributed by atoms with Crippen LogP contribution in [0.5, 0.6) is 0 Å². The molecule has 0 unspecified atom stereocenters. The van der Waals surface area contributed by atoms with Gasteiger partial charge in [0, 0.05) is 0 Å². The molecule has 0 heterocycles. The minimum atomic E-state index is 0. The first-order valence-electron chi connectivity index (χ1n) is 2.87. The molecule has 0 N–H and O–H groups in total. The van der Waals surface area contributed by atoms with Gasteiger partial charge in [0.25, 0.3) is 0 Å². The van der Waals surface area contributed by atoms with Crippen molar-refractivity contribution in [3.05, 3.63) is 42.5 Å². The van der Waals surface area contributed by atoms with Crippen LogP contribution in [0.4, 0.5) is 0 Å². The first-order chi connectivity index (χ1) is 4.30. The zero-order valence-electron chi connectivity index (χ0n) is 5.71. The van der Waals surface area contributed by atoms with Crippen LogP contribution < -0.4 is 0 Å². The molecule has 1 aromatic rings. The van der Waals surface area contributed by atoms with E-state index < -0.39 is 0 Å². The average molecular weight is 249 g/mol. The molecule has 0 aliphatic carbocycles. The SMILES string of the molecule is Br.C=[C]([Zn])c1ccccc1. The van der Waals surface area contributed by atoms with E-state index in [9.17, 15) is 0 Å². The maximum absolute atomic E-state index is 3.88. The molecule has 0 saturated heterocycles. The van der Waals surface area contributed by atoms with Crippen molar-refractivity contribution in [2.75, 3.05) is 0 Å². The molecule has 0 spiro atoms. The summed E-state index contributed by atoms with van der Waals surface area (Å²) in [5.74, 6) is 0. The molecule has 0 aliphatic rings. The van der Waals surface area contributed by atoms with Gasteiger partial charge in [-0.2, -0.15) is 0 Å². The second-order valence-electron chi connectivity index (χ2n) is 1.97. The van der Waals surface area contributed by atoms with Crippen molar-refractivity contribution in [1.82, 2.24) is 0 Å². The summed E-state index contributed by atoms with van der Waals surface area (Å²) >= 11 is 1.16. The molecule has 49 valence electrons. The van der Waals surface area contributed by atoms with Gasteiger partial charge >= 0.3 is 64.9 Å². The van der Waals surface area contributed by atoms with Crippen molar-refractivity contribution in [1.29, 1.82) is 0 Å². The van der Waals surface area contributed by atoms with Gasteiger partial charge in [0.05, 0.1) is 0 Å². The molecule has 1 aromatic carbocycles. The molecule has 2 heteroatoms. The Bertz CT molecular complexity index is 206. The third-order valence-corrected chi connectivity index (χ3v) is 2.04. The summed E-state index contributed by atoms with van der Waals surface area (Å²) in [5, 5.41) is 0. The van der Waals surface area contributed by atoms with E-state index in [0.29, 0.717) is 0 Å². The fourth-order valence-electron chi connectivity index (χ4n) is 0.674. The topological polar surface area (TPSA) is 0 Å². The van der Waals surface area contributed by atoms with Crippen LogP contribution in [-0.2, 0) is 18.3 Å². The molecule has 0 atom stereocenters. The third kappa shape index (κ3) is 2.76. The van der Waals surface area contributed by atoms with Crippen molar-refractivity contribution in [3.63, 3.8) is 0 Å². The minimum absolute atomic E-state index is 0. The number of rotatable bonds is 1. The fourth-order valence-corrected chi connectivity index (χ4v) is 1.17. The molecule has 0 nitrogen and oxygen atoms in total. The normalized spacial score (nSPS) is 8.20. The summed E-state index contributed by atoms with van der Waals surface area (Å²) < 4.78 is 1.25. The van der Waals surface area contributed by atoms with Crippen LogP contribution in [0.15, 0.2) is 36.9 Å². The van der Waals surface area contributed by atoms with Crippen LogP contribution in [-0.4, -0.2) is 0 Å². The Kier molecular flexibility index (Phi) is 4.84.